The summed E-state index contributed by atoms with van der Waals surface area (Å²) < 4.78 is 12.0. The number of fused-ring (bicyclic) bond motifs is 1. The number of hydrogen-bond donors (Lipinski definition) is 1. The molecule has 2 aromatic carbocycles. The minimum atomic E-state index is -0.643. The Morgan fingerprint density at radius 1 is 1.06 bits per heavy atom. The first-order chi connectivity index (χ1) is 16.2. The molecule has 1 aromatic heterocycles. The van der Waals surface area contributed by atoms with Crippen LogP contribution in [0.2, 0.25) is 0 Å². The first-order valence-electron chi connectivity index (χ1n) is 11.2. The highest BCUT2D eigenvalue weighted by Crippen LogP contribution is 2.26. The van der Waals surface area contributed by atoms with Gasteiger partial charge in [0.25, 0.3) is 0 Å². The monoisotopic (exact) mass is 464 g/mol. The van der Waals surface area contributed by atoms with E-state index in [0.29, 0.717) is 36.0 Å². The van der Waals surface area contributed by atoms with Gasteiger partial charge in [-0.3, -0.25) is 9.69 Å². The van der Waals surface area contributed by atoms with Crippen LogP contribution < -0.4 is 5.32 Å². The van der Waals surface area contributed by atoms with Crippen molar-refractivity contribution in [2.45, 2.75) is 51.9 Å². The SMILES string of the molecule is CC(C)(C)OC(=O)N1CCC[C@@H]1C(=O)Nc1cccc2c1cnn2C(=O)OCc1ccccc1. The van der Waals surface area contributed by atoms with Crippen LogP contribution in [0.15, 0.2) is 54.7 Å². The lowest BCUT2D eigenvalue weighted by atomic mass is 10.1. The molecule has 0 radical (unpaired) electrons. The van der Waals surface area contributed by atoms with Gasteiger partial charge in [0.15, 0.2) is 0 Å². The van der Waals surface area contributed by atoms with Gasteiger partial charge in [-0.05, 0) is 51.3 Å². The molecule has 0 unspecified atom stereocenters. The minimum Gasteiger partial charge on any atom is -0.444 e. The van der Waals surface area contributed by atoms with E-state index >= 15 is 0 Å². The van der Waals surface area contributed by atoms with Gasteiger partial charge in [0.1, 0.15) is 18.2 Å². The largest absolute Gasteiger partial charge is 0.444 e. The average Bonchev–Trinajstić information content (AvgIpc) is 3.45. The maximum atomic E-state index is 13.1. The fraction of sp³-hybridized carbons (Fsp3) is 0.360. The summed E-state index contributed by atoms with van der Waals surface area (Å²) in [7, 11) is 0. The molecule has 9 nitrogen and oxygen atoms in total. The first kappa shape index (κ1) is 23.3. The van der Waals surface area contributed by atoms with Gasteiger partial charge < -0.3 is 14.8 Å². The third-order valence-electron chi connectivity index (χ3n) is 5.43. The smallest absolute Gasteiger partial charge is 0.435 e. The van der Waals surface area contributed by atoms with Crippen LogP contribution in [0.5, 0.6) is 0 Å². The summed E-state index contributed by atoms with van der Waals surface area (Å²) in [5.41, 5.74) is 1.23. The van der Waals surface area contributed by atoms with E-state index < -0.39 is 23.8 Å². The van der Waals surface area contributed by atoms with E-state index in [4.69, 9.17) is 9.47 Å². The van der Waals surface area contributed by atoms with Gasteiger partial charge in [-0.2, -0.15) is 9.78 Å². The normalized spacial score (nSPS) is 15.9. The summed E-state index contributed by atoms with van der Waals surface area (Å²) in [5, 5.41) is 7.65. The van der Waals surface area contributed by atoms with Crippen LogP contribution in [0.3, 0.4) is 0 Å². The van der Waals surface area contributed by atoms with Crippen molar-refractivity contribution in [3.05, 3.63) is 60.3 Å². The fourth-order valence-electron chi connectivity index (χ4n) is 3.88. The van der Waals surface area contributed by atoms with Gasteiger partial charge in [-0.15, -0.1) is 0 Å². The van der Waals surface area contributed by atoms with E-state index in [1.54, 1.807) is 39.0 Å². The zero-order valence-electron chi connectivity index (χ0n) is 19.5. The van der Waals surface area contributed by atoms with Gasteiger partial charge in [0, 0.05) is 11.9 Å². The van der Waals surface area contributed by atoms with Crippen LogP contribution in [0.25, 0.3) is 10.9 Å². The predicted molar refractivity (Wildman–Crippen MR) is 126 cm³/mol. The van der Waals surface area contributed by atoms with Gasteiger partial charge in [-0.25, -0.2) is 9.59 Å². The highest BCUT2D eigenvalue weighted by atomic mass is 16.6. The number of rotatable bonds is 4. The molecule has 1 N–H and O–H groups in total. The van der Waals surface area contributed by atoms with Gasteiger partial charge in [0.05, 0.1) is 17.4 Å². The van der Waals surface area contributed by atoms with Gasteiger partial charge in [0.2, 0.25) is 5.91 Å². The number of hydrogen-bond acceptors (Lipinski definition) is 6. The number of ether oxygens (including phenoxy) is 2. The van der Waals surface area contributed by atoms with Gasteiger partial charge in [-0.1, -0.05) is 36.4 Å². The maximum Gasteiger partial charge on any atom is 0.435 e. The number of benzene rings is 2. The predicted octanol–water partition coefficient (Wildman–Crippen LogP) is 4.56. The molecule has 9 heteroatoms. The zero-order chi connectivity index (χ0) is 24.3. The summed E-state index contributed by atoms with van der Waals surface area (Å²) >= 11 is 0. The van der Waals surface area contributed by atoms with Crippen LogP contribution >= 0.6 is 0 Å². The molecule has 0 spiro atoms. The molecule has 0 bridgehead atoms. The summed E-state index contributed by atoms with van der Waals surface area (Å²) in [5.74, 6) is -0.310. The Morgan fingerprint density at radius 3 is 2.56 bits per heavy atom. The molecule has 2 heterocycles. The second-order valence-electron chi connectivity index (χ2n) is 9.16. The van der Waals surface area contributed by atoms with Crippen LogP contribution in [-0.2, 0) is 20.9 Å². The third-order valence-corrected chi connectivity index (χ3v) is 5.43. The molecule has 2 amide bonds. The van der Waals surface area contributed by atoms with E-state index in [1.807, 2.05) is 30.3 Å². The number of likely N-dealkylation sites (tertiary alicyclic amines) is 1. The van der Waals surface area contributed by atoms with Gasteiger partial charge >= 0.3 is 12.2 Å². The summed E-state index contributed by atoms with van der Waals surface area (Å²) in [6.07, 6.45) is 1.65. The Morgan fingerprint density at radius 2 is 1.82 bits per heavy atom. The van der Waals surface area contributed by atoms with E-state index in [2.05, 4.69) is 10.4 Å². The molecule has 1 saturated heterocycles. The number of carbonyl (C=O) groups is 3. The summed E-state index contributed by atoms with van der Waals surface area (Å²) in [6.45, 7) is 5.96. The van der Waals surface area contributed by atoms with Crippen LogP contribution in [0, 0.1) is 0 Å². The number of carbonyl (C=O) groups excluding carboxylic acids is 3. The number of nitrogens with one attached hydrogen (secondary N) is 1. The third kappa shape index (κ3) is 5.19. The van der Waals surface area contributed by atoms with Crippen molar-refractivity contribution < 1.29 is 23.9 Å². The minimum absolute atomic E-state index is 0.125. The van der Waals surface area contributed by atoms with Crippen LogP contribution in [0.1, 0.15) is 39.2 Å². The molecule has 1 aliphatic rings. The number of nitrogens with zero attached hydrogens (tertiary/aromatic N) is 3. The van der Waals surface area contributed by atoms with E-state index in [-0.39, 0.29) is 12.5 Å². The Bertz CT molecular complexity index is 1200. The Balaban J connectivity index is 1.47. The highest BCUT2D eigenvalue weighted by Gasteiger charge is 2.36. The lowest BCUT2D eigenvalue weighted by Gasteiger charge is -2.28. The van der Waals surface area contributed by atoms with E-state index in [9.17, 15) is 14.4 Å². The molecule has 1 fully saturated rings. The molecule has 34 heavy (non-hydrogen) atoms. The van der Waals surface area contributed by atoms with Crippen molar-refractivity contribution in [3.63, 3.8) is 0 Å². The molecular weight excluding hydrogens is 436 g/mol. The Labute approximate surface area is 197 Å². The van der Waals surface area contributed by atoms with Crippen molar-refractivity contribution in [1.29, 1.82) is 0 Å². The maximum absolute atomic E-state index is 13.1. The molecule has 3 aromatic rings. The zero-order valence-corrected chi connectivity index (χ0v) is 19.5. The standard InChI is InChI=1S/C25H28N4O5/c1-25(2,3)34-23(31)28-14-8-13-21(28)22(30)27-19-11-7-12-20-18(19)15-26-29(20)24(32)33-16-17-9-5-4-6-10-17/h4-7,9-12,15,21H,8,13-14,16H2,1-3H3,(H,27,30)/t21-/m1/s1. The molecule has 4 rings (SSSR count). The average molecular weight is 465 g/mol. The van der Waals surface area contributed by atoms with Crippen molar-refractivity contribution in [2.24, 2.45) is 0 Å². The molecule has 0 aliphatic carbocycles. The lowest BCUT2D eigenvalue weighted by molar-refractivity contribution is -0.120. The molecule has 1 atom stereocenters. The molecular formula is C25H28N4O5. The molecule has 1 aliphatic heterocycles. The second kappa shape index (κ2) is 9.54. The number of anilines is 1. The van der Waals surface area contributed by atoms with Crippen molar-refractivity contribution in [2.75, 3.05) is 11.9 Å². The summed E-state index contributed by atoms with van der Waals surface area (Å²) in [4.78, 5) is 39.7. The van der Waals surface area contributed by atoms with Crippen molar-refractivity contribution in [1.82, 2.24) is 14.7 Å². The molecule has 0 saturated carbocycles. The Hall–Kier alpha value is -3.88. The van der Waals surface area contributed by atoms with Crippen LogP contribution in [-0.4, -0.2) is 51.0 Å². The topological polar surface area (TPSA) is 103 Å². The quantitative estimate of drug-likeness (QED) is 0.607. The lowest BCUT2D eigenvalue weighted by Crippen LogP contribution is -2.45. The van der Waals surface area contributed by atoms with Crippen LogP contribution in [0.4, 0.5) is 15.3 Å². The number of amides is 2. The second-order valence-corrected chi connectivity index (χ2v) is 9.16. The fourth-order valence-corrected chi connectivity index (χ4v) is 3.88. The van der Waals surface area contributed by atoms with E-state index in [0.717, 1.165) is 10.2 Å². The van der Waals surface area contributed by atoms with E-state index in [1.165, 1.54) is 11.1 Å². The first-order valence-corrected chi connectivity index (χ1v) is 11.2. The van der Waals surface area contributed by atoms with Crippen molar-refractivity contribution in [3.8, 4) is 0 Å². The molecule has 178 valence electrons. The Kier molecular flexibility index (Phi) is 6.54. The highest BCUT2D eigenvalue weighted by molar-refractivity contribution is 6.05. The number of aromatic nitrogens is 2. The van der Waals surface area contributed by atoms with Crippen molar-refractivity contribution >= 4 is 34.7 Å². The summed E-state index contributed by atoms with van der Waals surface area (Å²) in [6, 6.07) is 13.9.